The summed E-state index contributed by atoms with van der Waals surface area (Å²) >= 11 is 0. The zero-order chi connectivity index (χ0) is 19.6. The number of carbonyl (C=O) groups is 2. The van der Waals surface area contributed by atoms with Gasteiger partial charge in [-0.15, -0.1) is 0 Å². The van der Waals surface area contributed by atoms with Crippen LogP contribution in [0.25, 0.3) is 0 Å². The van der Waals surface area contributed by atoms with E-state index in [0.717, 1.165) is 12.0 Å². The number of benzene rings is 2. The Morgan fingerprint density at radius 3 is 2.52 bits per heavy atom. The molecule has 1 amide bonds. The number of methoxy groups -OCH3 is 1. The first kappa shape index (κ1) is 20.3. The lowest BCUT2D eigenvalue weighted by Crippen LogP contribution is -2.34. The van der Waals surface area contributed by atoms with Gasteiger partial charge in [-0.3, -0.25) is 9.59 Å². The van der Waals surface area contributed by atoms with Gasteiger partial charge in [-0.2, -0.15) is 0 Å². The SMILES string of the molecule is CCCOc1cc(OC)ccc1C(=O)NCC(Cc1ccccc1)C(=O)O. The highest BCUT2D eigenvalue weighted by Gasteiger charge is 2.21. The van der Waals surface area contributed by atoms with Crippen LogP contribution >= 0.6 is 0 Å². The van der Waals surface area contributed by atoms with Crippen LogP contribution in [-0.2, 0) is 11.2 Å². The average Bonchev–Trinajstić information content (AvgIpc) is 2.69. The Kier molecular flexibility index (Phi) is 7.67. The fourth-order valence-electron chi connectivity index (χ4n) is 2.61. The molecule has 0 heterocycles. The molecule has 0 bridgehead atoms. The van der Waals surface area contributed by atoms with Gasteiger partial charge in [0.15, 0.2) is 0 Å². The Labute approximate surface area is 159 Å². The molecule has 0 aliphatic rings. The minimum atomic E-state index is -0.948. The molecule has 0 saturated carbocycles. The van der Waals surface area contributed by atoms with E-state index >= 15 is 0 Å². The minimum absolute atomic E-state index is 0.0301. The molecule has 144 valence electrons. The summed E-state index contributed by atoms with van der Waals surface area (Å²) in [6.45, 7) is 2.47. The van der Waals surface area contributed by atoms with Crippen LogP contribution in [-0.4, -0.2) is 37.2 Å². The summed E-state index contributed by atoms with van der Waals surface area (Å²) in [5.74, 6) is -1.03. The zero-order valence-electron chi connectivity index (χ0n) is 15.6. The number of ether oxygens (including phenoxy) is 2. The van der Waals surface area contributed by atoms with Crippen LogP contribution in [0.4, 0.5) is 0 Å². The van der Waals surface area contributed by atoms with Crippen molar-refractivity contribution in [3.05, 3.63) is 59.7 Å². The topological polar surface area (TPSA) is 84.9 Å². The zero-order valence-corrected chi connectivity index (χ0v) is 15.6. The second kappa shape index (κ2) is 10.2. The third-order valence-electron chi connectivity index (χ3n) is 4.08. The highest BCUT2D eigenvalue weighted by Crippen LogP contribution is 2.25. The number of carboxylic acids is 1. The third kappa shape index (κ3) is 6.02. The molecule has 2 N–H and O–H groups in total. The number of hydrogen-bond acceptors (Lipinski definition) is 4. The van der Waals surface area contributed by atoms with E-state index < -0.39 is 11.9 Å². The average molecular weight is 371 g/mol. The van der Waals surface area contributed by atoms with Crippen LogP contribution < -0.4 is 14.8 Å². The first-order chi connectivity index (χ1) is 13.0. The highest BCUT2D eigenvalue weighted by molar-refractivity contribution is 5.97. The van der Waals surface area contributed by atoms with Crippen LogP contribution in [0.2, 0.25) is 0 Å². The molecule has 0 aromatic heterocycles. The van der Waals surface area contributed by atoms with Crippen LogP contribution in [0.15, 0.2) is 48.5 Å². The van der Waals surface area contributed by atoms with Crippen molar-refractivity contribution in [3.8, 4) is 11.5 Å². The van der Waals surface area contributed by atoms with E-state index in [-0.39, 0.29) is 12.5 Å². The van der Waals surface area contributed by atoms with Gasteiger partial charge in [-0.05, 0) is 30.5 Å². The number of nitrogens with one attached hydrogen (secondary N) is 1. The Bertz CT molecular complexity index is 760. The fraction of sp³-hybridized carbons (Fsp3) is 0.333. The van der Waals surface area contributed by atoms with E-state index in [9.17, 15) is 14.7 Å². The van der Waals surface area contributed by atoms with Gasteiger partial charge in [0.05, 0.1) is 25.2 Å². The summed E-state index contributed by atoms with van der Waals surface area (Å²) in [5, 5.41) is 12.2. The van der Waals surface area contributed by atoms with Crippen LogP contribution in [0.3, 0.4) is 0 Å². The molecule has 1 unspecified atom stereocenters. The molecule has 0 radical (unpaired) electrons. The molecule has 0 fully saturated rings. The molecular formula is C21H25NO5. The summed E-state index contributed by atoms with van der Waals surface area (Å²) in [6.07, 6.45) is 1.15. The van der Waals surface area contributed by atoms with Crippen molar-refractivity contribution in [2.75, 3.05) is 20.3 Å². The Morgan fingerprint density at radius 2 is 1.89 bits per heavy atom. The van der Waals surface area contributed by atoms with Gasteiger partial charge in [-0.25, -0.2) is 0 Å². The molecule has 27 heavy (non-hydrogen) atoms. The molecule has 0 spiro atoms. The summed E-state index contributed by atoms with van der Waals surface area (Å²) in [4.78, 5) is 24.1. The molecule has 2 rings (SSSR count). The van der Waals surface area contributed by atoms with E-state index in [4.69, 9.17) is 9.47 Å². The maximum atomic E-state index is 12.6. The van der Waals surface area contributed by atoms with Crippen LogP contribution in [0.1, 0.15) is 29.3 Å². The maximum absolute atomic E-state index is 12.6. The quantitative estimate of drug-likeness (QED) is 0.670. The number of hydrogen-bond donors (Lipinski definition) is 2. The first-order valence-electron chi connectivity index (χ1n) is 8.91. The molecule has 6 heteroatoms. The Morgan fingerprint density at radius 1 is 1.15 bits per heavy atom. The van der Waals surface area contributed by atoms with Gasteiger partial charge >= 0.3 is 5.97 Å². The molecule has 1 atom stereocenters. The number of carboxylic acid groups (broad SMARTS) is 1. The summed E-state index contributed by atoms with van der Waals surface area (Å²) in [6, 6.07) is 14.3. The lowest BCUT2D eigenvalue weighted by molar-refractivity contribution is -0.141. The molecule has 2 aromatic carbocycles. The summed E-state index contributed by atoms with van der Waals surface area (Å²) in [7, 11) is 1.54. The first-order valence-corrected chi connectivity index (χ1v) is 8.91. The third-order valence-corrected chi connectivity index (χ3v) is 4.08. The number of carbonyl (C=O) groups excluding carboxylic acids is 1. The molecule has 2 aromatic rings. The van der Waals surface area contributed by atoms with Crippen molar-refractivity contribution in [1.82, 2.24) is 5.32 Å². The number of aliphatic carboxylic acids is 1. The highest BCUT2D eigenvalue weighted by atomic mass is 16.5. The Hall–Kier alpha value is -3.02. The van der Waals surface area contributed by atoms with Crippen molar-refractivity contribution in [3.63, 3.8) is 0 Å². The van der Waals surface area contributed by atoms with Crippen molar-refractivity contribution >= 4 is 11.9 Å². The van der Waals surface area contributed by atoms with E-state index in [0.29, 0.717) is 30.1 Å². The number of rotatable bonds is 10. The van der Waals surface area contributed by atoms with Gasteiger partial charge in [0, 0.05) is 12.6 Å². The predicted molar refractivity (Wildman–Crippen MR) is 102 cm³/mol. The second-order valence-electron chi connectivity index (χ2n) is 6.15. The standard InChI is InChI=1S/C21H25NO5/c1-3-11-27-19-13-17(26-2)9-10-18(19)20(23)22-14-16(21(24)25)12-15-7-5-4-6-8-15/h4-10,13,16H,3,11-12,14H2,1-2H3,(H,22,23)(H,24,25). The molecule has 0 aliphatic heterocycles. The van der Waals surface area contributed by atoms with E-state index in [1.807, 2.05) is 37.3 Å². The van der Waals surface area contributed by atoms with Gasteiger partial charge < -0.3 is 19.9 Å². The lowest BCUT2D eigenvalue weighted by atomic mass is 9.99. The van der Waals surface area contributed by atoms with Gasteiger partial charge in [0.25, 0.3) is 5.91 Å². The summed E-state index contributed by atoms with van der Waals surface area (Å²) < 4.78 is 10.8. The monoisotopic (exact) mass is 371 g/mol. The van der Waals surface area contributed by atoms with E-state index in [2.05, 4.69) is 5.32 Å². The summed E-state index contributed by atoms with van der Waals surface area (Å²) in [5.41, 5.74) is 1.27. The molecular weight excluding hydrogens is 346 g/mol. The minimum Gasteiger partial charge on any atom is -0.497 e. The van der Waals surface area contributed by atoms with Gasteiger partial charge in [-0.1, -0.05) is 37.3 Å². The fourth-order valence-corrected chi connectivity index (χ4v) is 2.61. The van der Waals surface area contributed by atoms with Crippen molar-refractivity contribution in [2.24, 2.45) is 5.92 Å². The second-order valence-corrected chi connectivity index (χ2v) is 6.15. The number of amides is 1. The molecule has 0 saturated heterocycles. The van der Waals surface area contributed by atoms with E-state index in [1.54, 1.807) is 25.3 Å². The largest absolute Gasteiger partial charge is 0.497 e. The predicted octanol–water partition coefficient (Wildman–Crippen LogP) is 3.16. The van der Waals surface area contributed by atoms with Crippen molar-refractivity contribution in [1.29, 1.82) is 0 Å². The maximum Gasteiger partial charge on any atom is 0.308 e. The van der Waals surface area contributed by atoms with Crippen molar-refractivity contribution in [2.45, 2.75) is 19.8 Å². The van der Waals surface area contributed by atoms with E-state index in [1.165, 1.54) is 0 Å². The molecule has 6 nitrogen and oxygen atoms in total. The van der Waals surface area contributed by atoms with Gasteiger partial charge in [0.1, 0.15) is 11.5 Å². The van der Waals surface area contributed by atoms with Crippen LogP contribution in [0.5, 0.6) is 11.5 Å². The smallest absolute Gasteiger partial charge is 0.308 e. The van der Waals surface area contributed by atoms with Crippen LogP contribution in [0, 0.1) is 5.92 Å². The lowest BCUT2D eigenvalue weighted by Gasteiger charge is -2.16. The van der Waals surface area contributed by atoms with Gasteiger partial charge in [0.2, 0.25) is 0 Å². The normalized spacial score (nSPS) is 11.5. The van der Waals surface area contributed by atoms with Crippen molar-refractivity contribution < 1.29 is 24.2 Å². The molecule has 0 aliphatic carbocycles. The Balaban J connectivity index is 2.07.